The van der Waals surface area contributed by atoms with Crippen LogP contribution in [0.25, 0.3) is 0 Å². The molecule has 2 N–H and O–H groups in total. The van der Waals surface area contributed by atoms with Crippen molar-refractivity contribution in [3.63, 3.8) is 0 Å². The van der Waals surface area contributed by atoms with Gasteiger partial charge in [0.05, 0.1) is 5.69 Å². The molecule has 3 nitrogen and oxygen atoms in total. The maximum atomic E-state index is 13.2. The van der Waals surface area contributed by atoms with Gasteiger partial charge in [0.2, 0.25) is 0 Å². The summed E-state index contributed by atoms with van der Waals surface area (Å²) >= 11 is 1.62. The van der Waals surface area contributed by atoms with Gasteiger partial charge >= 0.3 is 0 Å². The van der Waals surface area contributed by atoms with Gasteiger partial charge in [0.15, 0.2) is 0 Å². The standard InChI is InChI=1S/C15H15FN2OS/c16-13-4-1-11(7-14(13)17)15(19)18(12-2-3-12)8-10-5-6-20-9-10/h1,4-7,9,12H,2-3,8,17H2. The third-order valence-electron chi connectivity index (χ3n) is 3.42. The third-order valence-corrected chi connectivity index (χ3v) is 4.16. The van der Waals surface area contributed by atoms with Crippen LogP contribution in [0.2, 0.25) is 0 Å². The zero-order chi connectivity index (χ0) is 14.1. The summed E-state index contributed by atoms with van der Waals surface area (Å²) in [5.74, 6) is -0.567. The Morgan fingerprint density at radius 2 is 2.20 bits per heavy atom. The van der Waals surface area contributed by atoms with Gasteiger partial charge in [-0.1, -0.05) is 0 Å². The highest BCUT2D eigenvalue weighted by Gasteiger charge is 2.33. The molecule has 3 rings (SSSR count). The van der Waals surface area contributed by atoms with Crippen molar-refractivity contribution in [3.8, 4) is 0 Å². The molecule has 104 valence electrons. The van der Waals surface area contributed by atoms with Crippen LogP contribution < -0.4 is 5.73 Å². The van der Waals surface area contributed by atoms with E-state index in [0.29, 0.717) is 18.2 Å². The van der Waals surface area contributed by atoms with E-state index in [9.17, 15) is 9.18 Å². The highest BCUT2D eigenvalue weighted by atomic mass is 32.1. The smallest absolute Gasteiger partial charge is 0.254 e. The van der Waals surface area contributed by atoms with Gasteiger partial charge in [-0.3, -0.25) is 4.79 Å². The van der Waals surface area contributed by atoms with E-state index < -0.39 is 5.82 Å². The monoisotopic (exact) mass is 290 g/mol. The number of anilines is 1. The van der Waals surface area contributed by atoms with Gasteiger partial charge in [-0.25, -0.2) is 4.39 Å². The molecule has 5 heteroatoms. The second-order valence-electron chi connectivity index (χ2n) is 5.03. The van der Waals surface area contributed by atoms with Gasteiger partial charge in [0.25, 0.3) is 5.91 Å². The van der Waals surface area contributed by atoms with Crippen LogP contribution in [-0.4, -0.2) is 16.8 Å². The molecule has 1 saturated carbocycles. The number of carbonyl (C=O) groups excluding carboxylic acids is 1. The highest BCUT2D eigenvalue weighted by molar-refractivity contribution is 7.07. The summed E-state index contributed by atoms with van der Waals surface area (Å²) in [7, 11) is 0. The normalized spacial score (nSPS) is 14.2. The maximum Gasteiger partial charge on any atom is 0.254 e. The second-order valence-corrected chi connectivity index (χ2v) is 5.81. The zero-order valence-corrected chi connectivity index (χ0v) is 11.7. The lowest BCUT2D eigenvalue weighted by atomic mass is 10.1. The van der Waals surface area contributed by atoms with Crippen molar-refractivity contribution in [2.45, 2.75) is 25.4 Å². The van der Waals surface area contributed by atoms with E-state index in [1.54, 1.807) is 11.3 Å². The number of thiophene rings is 1. The second kappa shape index (κ2) is 5.25. The van der Waals surface area contributed by atoms with Crippen LogP contribution in [0.1, 0.15) is 28.8 Å². The van der Waals surface area contributed by atoms with E-state index in [0.717, 1.165) is 18.4 Å². The first-order valence-electron chi connectivity index (χ1n) is 6.52. The average Bonchev–Trinajstić information content (AvgIpc) is 3.15. The van der Waals surface area contributed by atoms with E-state index in [-0.39, 0.29) is 11.6 Å². The number of nitrogens with two attached hydrogens (primary N) is 1. The Morgan fingerprint density at radius 1 is 1.40 bits per heavy atom. The molecule has 2 aromatic rings. The summed E-state index contributed by atoms with van der Waals surface area (Å²) in [5, 5.41) is 4.04. The first-order valence-corrected chi connectivity index (χ1v) is 7.46. The van der Waals surface area contributed by atoms with Crippen LogP contribution in [0.5, 0.6) is 0 Å². The van der Waals surface area contributed by atoms with Crippen molar-refractivity contribution in [2.24, 2.45) is 0 Å². The van der Waals surface area contributed by atoms with Crippen molar-refractivity contribution < 1.29 is 9.18 Å². The number of nitrogen functional groups attached to an aromatic ring is 1. The fraction of sp³-hybridized carbons (Fsp3) is 0.267. The first kappa shape index (κ1) is 13.1. The lowest BCUT2D eigenvalue weighted by Gasteiger charge is -2.22. The Hall–Kier alpha value is -1.88. The summed E-state index contributed by atoms with van der Waals surface area (Å²) in [6.07, 6.45) is 2.07. The number of hydrogen-bond donors (Lipinski definition) is 1. The van der Waals surface area contributed by atoms with Gasteiger partial charge in [-0.2, -0.15) is 11.3 Å². The fourth-order valence-electron chi connectivity index (χ4n) is 2.17. The number of nitrogens with zero attached hydrogens (tertiary/aromatic N) is 1. The van der Waals surface area contributed by atoms with E-state index in [4.69, 9.17) is 5.73 Å². The van der Waals surface area contributed by atoms with Crippen molar-refractivity contribution in [1.29, 1.82) is 0 Å². The van der Waals surface area contributed by atoms with Gasteiger partial charge in [-0.05, 0) is 53.4 Å². The molecule has 1 fully saturated rings. The summed E-state index contributed by atoms with van der Waals surface area (Å²) in [5.41, 5.74) is 7.14. The van der Waals surface area contributed by atoms with Crippen LogP contribution >= 0.6 is 11.3 Å². The predicted molar refractivity (Wildman–Crippen MR) is 78.0 cm³/mol. The molecule has 0 atom stereocenters. The summed E-state index contributed by atoms with van der Waals surface area (Å²) in [6, 6.07) is 6.48. The maximum absolute atomic E-state index is 13.2. The van der Waals surface area contributed by atoms with Gasteiger partial charge in [0, 0.05) is 18.2 Å². The molecule has 1 aromatic heterocycles. The summed E-state index contributed by atoms with van der Waals surface area (Å²) < 4.78 is 13.2. The van der Waals surface area contributed by atoms with Crippen molar-refractivity contribution in [2.75, 3.05) is 5.73 Å². The van der Waals surface area contributed by atoms with E-state index >= 15 is 0 Å². The van der Waals surface area contributed by atoms with Crippen LogP contribution in [0.4, 0.5) is 10.1 Å². The Labute approximate surface area is 120 Å². The Morgan fingerprint density at radius 3 is 2.80 bits per heavy atom. The Bertz CT molecular complexity index is 623. The molecule has 0 spiro atoms. The molecule has 0 saturated heterocycles. The molecule has 0 aliphatic heterocycles. The minimum absolute atomic E-state index is 0.0159. The topological polar surface area (TPSA) is 46.3 Å². The van der Waals surface area contributed by atoms with Crippen molar-refractivity contribution in [1.82, 2.24) is 4.90 Å². The Balaban J connectivity index is 1.83. The minimum Gasteiger partial charge on any atom is -0.396 e. The summed E-state index contributed by atoms with van der Waals surface area (Å²) in [4.78, 5) is 14.4. The fourth-order valence-corrected chi connectivity index (χ4v) is 2.83. The Kier molecular flexibility index (Phi) is 3.44. The van der Waals surface area contributed by atoms with E-state index in [1.165, 1.54) is 18.2 Å². The number of carbonyl (C=O) groups is 1. The number of rotatable bonds is 4. The quantitative estimate of drug-likeness (QED) is 0.878. The van der Waals surface area contributed by atoms with Crippen LogP contribution in [0, 0.1) is 5.82 Å². The molecule has 1 aliphatic carbocycles. The molecular formula is C15H15FN2OS. The van der Waals surface area contributed by atoms with E-state index in [1.807, 2.05) is 21.7 Å². The molecule has 1 aliphatic rings. The molecule has 1 aromatic carbocycles. The molecule has 20 heavy (non-hydrogen) atoms. The highest BCUT2D eigenvalue weighted by Crippen LogP contribution is 2.30. The van der Waals surface area contributed by atoms with Gasteiger partial charge in [-0.15, -0.1) is 0 Å². The first-order chi connectivity index (χ1) is 9.65. The number of hydrogen-bond acceptors (Lipinski definition) is 3. The van der Waals surface area contributed by atoms with Crippen molar-refractivity contribution in [3.05, 3.63) is 52.0 Å². The minimum atomic E-state index is -0.489. The SMILES string of the molecule is Nc1cc(C(=O)N(Cc2ccsc2)C2CC2)ccc1F. The predicted octanol–water partition coefficient (Wildman–Crippen LogP) is 3.27. The van der Waals surface area contributed by atoms with Gasteiger partial charge in [0.1, 0.15) is 5.82 Å². The largest absolute Gasteiger partial charge is 0.396 e. The van der Waals surface area contributed by atoms with Crippen molar-refractivity contribution >= 4 is 22.9 Å². The van der Waals surface area contributed by atoms with Crippen LogP contribution in [-0.2, 0) is 6.54 Å². The number of amides is 1. The molecule has 0 bridgehead atoms. The molecular weight excluding hydrogens is 275 g/mol. The number of benzene rings is 1. The van der Waals surface area contributed by atoms with Crippen LogP contribution in [0.15, 0.2) is 35.0 Å². The lowest BCUT2D eigenvalue weighted by Crippen LogP contribution is -2.32. The number of halogens is 1. The van der Waals surface area contributed by atoms with Gasteiger partial charge < -0.3 is 10.6 Å². The molecule has 0 radical (unpaired) electrons. The molecule has 1 amide bonds. The van der Waals surface area contributed by atoms with Crippen LogP contribution in [0.3, 0.4) is 0 Å². The van der Waals surface area contributed by atoms with E-state index in [2.05, 4.69) is 0 Å². The average molecular weight is 290 g/mol. The molecule has 0 unspecified atom stereocenters. The lowest BCUT2D eigenvalue weighted by molar-refractivity contribution is 0.0730. The molecule has 1 heterocycles. The third kappa shape index (κ3) is 2.67. The zero-order valence-electron chi connectivity index (χ0n) is 10.9. The summed E-state index contributed by atoms with van der Waals surface area (Å²) in [6.45, 7) is 0.601.